The van der Waals surface area contributed by atoms with E-state index in [9.17, 15) is 0 Å². The molecule has 0 radical (unpaired) electrons. The number of hydrogen-bond donors (Lipinski definition) is 1. The van der Waals surface area contributed by atoms with E-state index in [0.29, 0.717) is 5.54 Å². The lowest BCUT2D eigenvalue weighted by molar-refractivity contribution is 0.303. The number of rotatable bonds is 3. The molecule has 0 amide bonds. The van der Waals surface area contributed by atoms with Crippen LogP contribution in [-0.2, 0) is 0 Å². The Kier molecular flexibility index (Phi) is 4.35. The van der Waals surface area contributed by atoms with Crippen molar-refractivity contribution >= 4 is 28.7 Å². The molecule has 1 spiro atoms. The largest absolute Gasteiger partial charge is 0.359 e. The summed E-state index contributed by atoms with van der Waals surface area (Å²) in [4.78, 5) is 4.76. The maximum absolute atomic E-state index is 4.76. The number of hydrogen-bond acceptors (Lipinski definition) is 3. The number of nitrogens with zero attached hydrogens (tertiary/aromatic N) is 1. The molecule has 1 saturated heterocycles. The van der Waals surface area contributed by atoms with Crippen LogP contribution in [0.4, 0.5) is 0 Å². The number of nitrogens with one attached hydrogen (secondary N) is 1. The van der Waals surface area contributed by atoms with E-state index in [0.717, 1.165) is 6.54 Å². The van der Waals surface area contributed by atoms with Crippen molar-refractivity contribution in [2.45, 2.75) is 56.2 Å². The molecule has 0 aromatic heterocycles. The van der Waals surface area contributed by atoms with Crippen LogP contribution in [0.5, 0.6) is 0 Å². The van der Waals surface area contributed by atoms with Crippen molar-refractivity contribution in [2.75, 3.05) is 18.6 Å². The zero-order chi connectivity index (χ0) is 12.4. The van der Waals surface area contributed by atoms with E-state index in [2.05, 4.69) is 25.4 Å². The second-order valence-electron chi connectivity index (χ2n) is 5.84. The first kappa shape index (κ1) is 13.6. The Balaban J connectivity index is 1.90. The molecular formula is C13H24N2S2. The van der Waals surface area contributed by atoms with Crippen molar-refractivity contribution in [3.63, 3.8) is 0 Å². The molecule has 17 heavy (non-hydrogen) atoms. The molecular weight excluding hydrogens is 248 g/mol. The van der Waals surface area contributed by atoms with Crippen molar-refractivity contribution in [3.05, 3.63) is 0 Å². The molecule has 2 fully saturated rings. The third kappa shape index (κ3) is 3.57. The lowest BCUT2D eigenvalue weighted by Gasteiger charge is -2.32. The van der Waals surface area contributed by atoms with E-state index in [-0.39, 0.29) is 4.75 Å². The maximum atomic E-state index is 4.76. The SMILES string of the molecule is CSC(C)(C)CN=C1NC2(CCCCC2)CS1. The highest BCUT2D eigenvalue weighted by atomic mass is 32.2. The molecule has 2 rings (SSSR count). The van der Waals surface area contributed by atoms with E-state index < -0.39 is 0 Å². The summed E-state index contributed by atoms with van der Waals surface area (Å²) < 4.78 is 0.261. The summed E-state index contributed by atoms with van der Waals surface area (Å²) in [5, 5.41) is 4.90. The van der Waals surface area contributed by atoms with Crippen molar-refractivity contribution < 1.29 is 0 Å². The Labute approximate surface area is 114 Å². The summed E-state index contributed by atoms with van der Waals surface area (Å²) >= 11 is 3.82. The first-order valence-electron chi connectivity index (χ1n) is 6.56. The summed E-state index contributed by atoms with van der Waals surface area (Å²) in [5.74, 6) is 1.23. The highest BCUT2D eigenvalue weighted by Gasteiger charge is 2.38. The summed E-state index contributed by atoms with van der Waals surface area (Å²) in [6, 6.07) is 0. The van der Waals surface area contributed by atoms with Gasteiger partial charge in [0.25, 0.3) is 0 Å². The molecule has 1 saturated carbocycles. The van der Waals surface area contributed by atoms with Crippen LogP contribution in [-0.4, -0.2) is 34.0 Å². The van der Waals surface area contributed by atoms with E-state index in [1.54, 1.807) is 0 Å². The van der Waals surface area contributed by atoms with E-state index in [1.165, 1.54) is 43.0 Å². The zero-order valence-corrected chi connectivity index (χ0v) is 12.8. The second kappa shape index (κ2) is 5.43. The van der Waals surface area contributed by atoms with Crippen LogP contribution in [0.25, 0.3) is 0 Å². The van der Waals surface area contributed by atoms with Gasteiger partial charge in [0.15, 0.2) is 5.17 Å². The van der Waals surface area contributed by atoms with Crippen LogP contribution in [0.3, 0.4) is 0 Å². The highest BCUT2D eigenvalue weighted by Crippen LogP contribution is 2.36. The molecule has 1 heterocycles. The van der Waals surface area contributed by atoms with E-state index >= 15 is 0 Å². The molecule has 1 N–H and O–H groups in total. The molecule has 1 aliphatic carbocycles. The van der Waals surface area contributed by atoms with Crippen LogP contribution in [0, 0.1) is 0 Å². The Morgan fingerprint density at radius 3 is 2.71 bits per heavy atom. The van der Waals surface area contributed by atoms with Gasteiger partial charge in [0.2, 0.25) is 0 Å². The number of thioether (sulfide) groups is 2. The van der Waals surface area contributed by atoms with Crippen LogP contribution < -0.4 is 5.32 Å². The van der Waals surface area contributed by atoms with Gasteiger partial charge in [-0.25, -0.2) is 0 Å². The Morgan fingerprint density at radius 1 is 1.35 bits per heavy atom. The lowest BCUT2D eigenvalue weighted by atomic mass is 9.83. The summed E-state index contributed by atoms with van der Waals surface area (Å²) in [7, 11) is 0. The van der Waals surface area contributed by atoms with Gasteiger partial charge in [0.05, 0.1) is 6.54 Å². The van der Waals surface area contributed by atoms with Gasteiger partial charge < -0.3 is 5.32 Å². The molecule has 0 aromatic rings. The molecule has 1 aliphatic heterocycles. The van der Waals surface area contributed by atoms with Gasteiger partial charge >= 0.3 is 0 Å². The first-order chi connectivity index (χ1) is 8.05. The quantitative estimate of drug-likeness (QED) is 0.850. The summed E-state index contributed by atoms with van der Waals surface area (Å²) in [6.45, 7) is 5.44. The van der Waals surface area contributed by atoms with Gasteiger partial charge in [-0.3, -0.25) is 4.99 Å². The van der Waals surface area contributed by atoms with Crippen molar-refractivity contribution in [3.8, 4) is 0 Å². The average Bonchev–Trinajstić information content (AvgIpc) is 2.71. The fraction of sp³-hybridized carbons (Fsp3) is 0.923. The standard InChI is InChI=1S/C13H24N2S2/c1-12(2,16-3)9-14-11-15-13(10-17-11)7-5-4-6-8-13/h4-10H2,1-3H3,(H,14,15). The molecule has 0 bridgehead atoms. The molecule has 4 heteroatoms. The third-order valence-electron chi connectivity index (χ3n) is 3.82. The predicted molar refractivity (Wildman–Crippen MR) is 81.3 cm³/mol. The topological polar surface area (TPSA) is 24.4 Å². The monoisotopic (exact) mass is 272 g/mol. The van der Waals surface area contributed by atoms with Crippen LogP contribution >= 0.6 is 23.5 Å². The number of amidine groups is 1. The maximum Gasteiger partial charge on any atom is 0.157 e. The van der Waals surface area contributed by atoms with Gasteiger partial charge in [-0.1, -0.05) is 31.0 Å². The molecule has 0 atom stereocenters. The Bertz CT molecular complexity index is 294. The van der Waals surface area contributed by atoms with Crippen LogP contribution in [0.15, 0.2) is 4.99 Å². The predicted octanol–water partition coefficient (Wildman–Crippen LogP) is 3.52. The lowest BCUT2D eigenvalue weighted by Crippen LogP contribution is -2.45. The second-order valence-corrected chi connectivity index (χ2v) is 8.32. The average molecular weight is 272 g/mol. The minimum Gasteiger partial charge on any atom is -0.359 e. The fourth-order valence-corrected chi connectivity index (χ4v) is 3.83. The smallest absolute Gasteiger partial charge is 0.157 e. The minimum atomic E-state index is 0.261. The minimum absolute atomic E-state index is 0.261. The fourth-order valence-electron chi connectivity index (χ4n) is 2.42. The van der Waals surface area contributed by atoms with Crippen LogP contribution in [0.2, 0.25) is 0 Å². The van der Waals surface area contributed by atoms with E-state index in [4.69, 9.17) is 4.99 Å². The van der Waals surface area contributed by atoms with Crippen molar-refractivity contribution in [1.29, 1.82) is 0 Å². The normalized spacial score (nSPS) is 26.4. The van der Waals surface area contributed by atoms with Crippen LogP contribution in [0.1, 0.15) is 46.0 Å². The Morgan fingerprint density at radius 2 is 2.06 bits per heavy atom. The molecule has 0 unspecified atom stereocenters. The van der Waals surface area contributed by atoms with E-state index in [1.807, 2.05) is 23.5 Å². The first-order valence-corrected chi connectivity index (χ1v) is 8.77. The van der Waals surface area contributed by atoms with Gasteiger partial charge in [0.1, 0.15) is 0 Å². The molecule has 98 valence electrons. The third-order valence-corrected chi connectivity index (χ3v) is 6.26. The van der Waals surface area contributed by atoms with Gasteiger partial charge in [-0.15, -0.1) is 0 Å². The molecule has 2 aliphatic rings. The molecule has 2 nitrogen and oxygen atoms in total. The van der Waals surface area contributed by atoms with Gasteiger partial charge in [-0.05, 0) is 32.9 Å². The zero-order valence-electron chi connectivity index (χ0n) is 11.2. The summed E-state index contributed by atoms with van der Waals surface area (Å²) in [5.41, 5.74) is 0.394. The summed E-state index contributed by atoms with van der Waals surface area (Å²) in [6.07, 6.45) is 9.03. The molecule has 0 aromatic carbocycles. The van der Waals surface area contributed by atoms with Crippen molar-refractivity contribution in [1.82, 2.24) is 5.32 Å². The van der Waals surface area contributed by atoms with Crippen molar-refractivity contribution in [2.24, 2.45) is 4.99 Å². The highest BCUT2D eigenvalue weighted by molar-refractivity contribution is 8.14. The van der Waals surface area contributed by atoms with Gasteiger partial charge in [0, 0.05) is 16.0 Å². The Hall–Kier alpha value is 0.170. The van der Waals surface area contributed by atoms with Gasteiger partial charge in [-0.2, -0.15) is 11.8 Å². The number of aliphatic imine (C=N–C) groups is 1.